The highest BCUT2D eigenvalue weighted by molar-refractivity contribution is 5.79. The van der Waals surface area contributed by atoms with Crippen molar-refractivity contribution in [2.75, 3.05) is 38.1 Å². The molecule has 0 aliphatic carbocycles. The van der Waals surface area contributed by atoms with Gasteiger partial charge in [-0.2, -0.15) is 0 Å². The van der Waals surface area contributed by atoms with Crippen LogP contribution in [0.2, 0.25) is 0 Å². The van der Waals surface area contributed by atoms with Crippen LogP contribution < -0.4 is 15.6 Å². The minimum atomic E-state index is -0.486. The lowest BCUT2D eigenvalue weighted by Gasteiger charge is -2.39. The van der Waals surface area contributed by atoms with Gasteiger partial charge in [0.25, 0.3) is 5.56 Å². The van der Waals surface area contributed by atoms with Gasteiger partial charge >= 0.3 is 0 Å². The predicted octanol–water partition coefficient (Wildman–Crippen LogP) is 5.69. The van der Waals surface area contributed by atoms with Gasteiger partial charge in [0.2, 0.25) is 5.91 Å². The number of likely N-dealkylation sites (tertiary alicyclic amines) is 1. The summed E-state index contributed by atoms with van der Waals surface area (Å²) in [5.74, 6) is 1.84. The number of nitrogens with zero attached hydrogens (tertiary/aromatic N) is 4. The smallest absolute Gasteiger partial charge is 0.263 e. The van der Waals surface area contributed by atoms with Crippen LogP contribution in [0.25, 0.3) is 5.69 Å². The number of benzene rings is 2. The number of carbonyl (C=O) groups excluding carboxylic acids is 1. The number of aromatic nitrogens is 2. The van der Waals surface area contributed by atoms with Crippen molar-refractivity contribution >= 4 is 11.7 Å². The topological polar surface area (TPSA) is 79.7 Å². The summed E-state index contributed by atoms with van der Waals surface area (Å²) in [5.41, 5.74) is 2.53. The molecule has 1 amide bonds. The quantitative estimate of drug-likeness (QED) is 0.321. The third-order valence-electron chi connectivity index (χ3n) is 9.08. The molecule has 1 aromatic heterocycles. The number of aryl methyl sites for hydroxylation is 1. The van der Waals surface area contributed by atoms with E-state index >= 15 is 0 Å². The number of hydrogen-bond donors (Lipinski definition) is 1. The fourth-order valence-electron chi connectivity index (χ4n) is 6.44. The first kappa shape index (κ1) is 31.7. The SMILES string of the molecule is CCOc1ccc(-n2c([C@@H](C)N(CC3CCN(C(C)C)CC3)C(=O)Cc3ccc(F)c(C)c3)nc3c(c2=O)CCCN3)cc1. The Morgan fingerprint density at radius 3 is 2.52 bits per heavy atom. The van der Waals surface area contributed by atoms with Gasteiger partial charge in [-0.25, -0.2) is 9.37 Å². The van der Waals surface area contributed by atoms with Crippen LogP contribution in [0.5, 0.6) is 5.75 Å². The van der Waals surface area contributed by atoms with Gasteiger partial charge in [0, 0.05) is 19.1 Å². The second kappa shape index (κ2) is 13.9. The molecule has 0 saturated carbocycles. The maximum absolute atomic E-state index is 14.2. The van der Waals surface area contributed by atoms with Gasteiger partial charge in [-0.15, -0.1) is 0 Å². The van der Waals surface area contributed by atoms with Gasteiger partial charge in [0.15, 0.2) is 0 Å². The summed E-state index contributed by atoms with van der Waals surface area (Å²) in [7, 11) is 0. The summed E-state index contributed by atoms with van der Waals surface area (Å²) >= 11 is 0. The molecular formula is C35H46FN5O3. The fraction of sp³-hybridized carbons (Fsp3) is 0.514. The molecule has 1 fully saturated rings. The molecule has 3 aromatic rings. The monoisotopic (exact) mass is 603 g/mol. The van der Waals surface area contributed by atoms with Crippen molar-refractivity contribution in [3.05, 3.63) is 81.2 Å². The number of carbonyl (C=O) groups is 1. The lowest BCUT2D eigenvalue weighted by molar-refractivity contribution is -0.134. The van der Waals surface area contributed by atoms with Crippen molar-refractivity contribution in [3.63, 3.8) is 0 Å². The van der Waals surface area contributed by atoms with E-state index in [0.717, 1.165) is 50.2 Å². The van der Waals surface area contributed by atoms with Crippen molar-refractivity contribution in [2.45, 2.75) is 78.8 Å². The highest BCUT2D eigenvalue weighted by Crippen LogP contribution is 2.29. The minimum Gasteiger partial charge on any atom is -0.494 e. The Balaban J connectivity index is 1.54. The van der Waals surface area contributed by atoms with Crippen molar-refractivity contribution < 1.29 is 13.9 Å². The molecule has 8 nitrogen and oxygen atoms in total. The average Bonchev–Trinajstić information content (AvgIpc) is 3.02. The van der Waals surface area contributed by atoms with Gasteiger partial charge in [-0.3, -0.25) is 14.2 Å². The first-order valence-electron chi connectivity index (χ1n) is 16.1. The molecule has 5 rings (SSSR count). The third-order valence-corrected chi connectivity index (χ3v) is 9.08. The molecule has 1 N–H and O–H groups in total. The Hall–Kier alpha value is -3.72. The van der Waals surface area contributed by atoms with E-state index in [4.69, 9.17) is 9.72 Å². The zero-order chi connectivity index (χ0) is 31.4. The molecule has 2 aliphatic heterocycles. The lowest BCUT2D eigenvalue weighted by Crippen LogP contribution is -2.45. The molecule has 0 spiro atoms. The van der Waals surface area contributed by atoms with Crippen LogP contribution in [0.3, 0.4) is 0 Å². The van der Waals surface area contributed by atoms with E-state index in [1.165, 1.54) is 6.07 Å². The van der Waals surface area contributed by atoms with E-state index in [2.05, 4.69) is 24.1 Å². The molecule has 0 bridgehead atoms. The number of nitrogens with one attached hydrogen (secondary N) is 1. The summed E-state index contributed by atoms with van der Waals surface area (Å²) in [6.07, 6.45) is 3.65. The van der Waals surface area contributed by atoms with Gasteiger partial charge in [-0.1, -0.05) is 12.1 Å². The largest absolute Gasteiger partial charge is 0.494 e. The van der Waals surface area contributed by atoms with Crippen molar-refractivity contribution in [1.29, 1.82) is 0 Å². The average molecular weight is 604 g/mol. The molecular weight excluding hydrogens is 557 g/mol. The van der Waals surface area contributed by atoms with Crippen molar-refractivity contribution in [2.24, 2.45) is 5.92 Å². The number of amides is 1. The van der Waals surface area contributed by atoms with Crippen LogP contribution in [0.4, 0.5) is 10.2 Å². The Kier molecular flexibility index (Phi) is 10.0. The summed E-state index contributed by atoms with van der Waals surface area (Å²) in [4.78, 5) is 37.7. The van der Waals surface area contributed by atoms with Crippen molar-refractivity contribution in [3.8, 4) is 11.4 Å². The zero-order valence-electron chi connectivity index (χ0n) is 26.7. The maximum atomic E-state index is 14.2. The number of fused-ring (bicyclic) bond motifs is 1. The van der Waals surface area contributed by atoms with Gasteiger partial charge in [0.05, 0.1) is 30.3 Å². The Morgan fingerprint density at radius 2 is 1.86 bits per heavy atom. The molecule has 1 saturated heterocycles. The molecule has 1 atom stereocenters. The zero-order valence-corrected chi connectivity index (χ0v) is 26.7. The van der Waals surface area contributed by atoms with E-state index in [1.807, 2.05) is 43.0 Å². The molecule has 0 radical (unpaired) electrons. The molecule has 0 unspecified atom stereocenters. The van der Waals surface area contributed by atoms with Crippen LogP contribution in [-0.2, 0) is 17.6 Å². The van der Waals surface area contributed by atoms with E-state index < -0.39 is 6.04 Å². The first-order valence-corrected chi connectivity index (χ1v) is 16.1. The summed E-state index contributed by atoms with van der Waals surface area (Å²) in [6, 6.07) is 12.3. The van der Waals surface area contributed by atoms with E-state index in [1.54, 1.807) is 23.6 Å². The number of halogens is 1. The molecule has 2 aliphatic rings. The minimum absolute atomic E-state index is 0.0621. The van der Waals surface area contributed by atoms with Crippen LogP contribution >= 0.6 is 0 Å². The normalized spacial score (nSPS) is 16.3. The third kappa shape index (κ3) is 6.98. The van der Waals surface area contributed by atoms with Gasteiger partial charge < -0.3 is 19.9 Å². The Morgan fingerprint density at radius 1 is 1.14 bits per heavy atom. The maximum Gasteiger partial charge on any atom is 0.263 e. The highest BCUT2D eigenvalue weighted by Gasteiger charge is 2.32. The number of hydrogen-bond acceptors (Lipinski definition) is 6. The number of piperidine rings is 1. The number of anilines is 1. The molecule has 9 heteroatoms. The first-order chi connectivity index (χ1) is 21.2. The second-order valence-corrected chi connectivity index (χ2v) is 12.5. The molecule has 236 valence electrons. The van der Waals surface area contributed by atoms with Crippen LogP contribution in [0.15, 0.2) is 47.3 Å². The van der Waals surface area contributed by atoms with Crippen LogP contribution in [-0.4, -0.2) is 64.1 Å². The van der Waals surface area contributed by atoms with E-state index in [0.29, 0.717) is 60.0 Å². The number of rotatable bonds is 10. The Labute approximate surface area is 260 Å². The summed E-state index contributed by atoms with van der Waals surface area (Å²) < 4.78 is 21.4. The molecule has 2 aromatic carbocycles. The van der Waals surface area contributed by atoms with Gasteiger partial charge in [0.1, 0.15) is 23.2 Å². The van der Waals surface area contributed by atoms with Crippen LogP contribution in [0, 0.1) is 18.7 Å². The predicted molar refractivity (Wildman–Crippen MR) is 172 cm³/mol. The Bertz CT molecular complexity index is 1510. The molecule has 44 heavy (non-hydrogen) atoms. The van der Waals surface area contributed by atoms with Crippen molar-refractivity contribution in [1.82, 2.24) is 19.4 Å². The van der Waals surface area contributed by atoms with Gasteiger partial charge in [-0.05, 0) is 121 Å². The van der Waals surface area contributed by atoms with Crippen LogP contribution in [0.1, 0.15) is 75.5 Å². The number of ether oxygens (including phenoxy) is 1. The second-order valence-electron chi connectivity index (χ2n) is 12.5. The summed E-state index contributed by atoms with van der Waals surface area (Å²) in [5, 5.41) is 3.33. The molecule has 3 heterocycles. The van der Waals surface area contributed by atoms with E-state index in [9.17, 15) is 14.0 Å². The standard InChI is InChI=1S/C35H46FN5O3/c1-6-44-29-12-10-28(11-13-29)41-34(38-33-30(35(41)43)8-7-17-37-33)25(5)40(22-26-15-18-39(19-16-26)23(2)3)32(42)21-27-9-14-31(36)24(4)20-27/h9-14,20,23,25-26,37H,6-8,15-19,21-22H2,1-5H3/t25-/m1/s1. The lowest BCUT2D eigenvalue weighted by atomic mass is 9.94. The summed E-state index contributed by atoms with van der Waals surface area (Å²) in [6.45, 7) is 13.9. The fourth-order valence-corrected chi connectivity index (χ4v) is 6.44. The van der Waals surface area contributed by atoms with E-state index in [-0.39, 0.29) is 23.7 Å². The highest BCUT2D eigenvalue weighted by atomic mass is 19.1.